The lowest BCUT2D eigenvalue weighted by molar-refractivity contribution is -0.135. The number of aromatic nitrogens is 2. The molecule has 3 fully saturated rings. The van der Waals surface area contributed by atoms with Crippen LogP contribution in [0.4, 0.5) is 10.7 Å². The first kappa shape index (κ1) is 26.4. The minimum atomic E-state index is -0.200. The number of anilines is 1. The number of carbonyl (C=O) groups excluding carboxylic acids is 2. The summed E-state index contributed by atoms with van der Waals surface area (Å²) in [6.07, 6.45) is 8.72. The van der Waals surface area contributed by atoms with E-state index in [1.807, 2.05) is 23.6 Å². The van der Waals surface area contributed by atoms with Crippen molar-refractivity contribution in [2.24, 2.45) is 17.6 Å². The molecule has 2 N–H and O–H groups in total. The van der Waals surface area contributed by atoms with Crippen LogP contribution in [0.5, 0.6) is 5.75 Å². The number of piperidine rings is 2. The molecule has 0 radical (unpaired) electrons. The second-order valence-corrected chi connectivity index (χ2v) is 10.8. The summed E-state index contributed by atoms with van der Waals surface area (Å²) in [5.74, 6) is 2.58. The van der Waals surface area contributed by atoms with E-state index >= 15 is 0 Å². The van der Waals surface area contributed by atoms with E-state index in [-0.39, 0.29) is 30.2 Å². The summed E-state index contributed by atoms with van der Waals surface area (Å²) in [5, 5.41) is 0. The SMILES string of the molecule is CC(C)OC(=O)N1CCC([C@H](C)CCOc2cnc(N3C[C@H](N)[C@@H](N4CCCCC4=O)C3)nc2)CC1. The molecule has 3 atom stereocenters. The van der Waals surface area contributed by atoms with E-state index < -0.39 is 0 Å². The predicted molar refractivity (Wildman–Crippen MR) is 137 cm³/mol. The molecule has 36 heavy (non-hydrogen) atoms. The molecule has 0 spiro atoms. The maximum Gasteiger partial charge on any atom is 0.410 e. The Balaban J connectivity index is 1.19. The molecular formula is C26H42N6O4. The van der Waals surface area contributed by atoms with Crippen LogP contribution >= 0.6 is 0 Å². The van der Waals surface area contributed by atoms with Crippen LogP contribution in [0.1, 0.15) is 59.3 Å². The third-order valence-electron chi connectivity index (χ3n) is 7.77. The topological polar surface area (TPSA) is 114 Å². The lowest BCUT2D eigenvalue weighted by atomic mass is 9.84. The summed E-state index contributed by atoms with van der Waals surface area (Å²) in [4.78, 5) is 39.3. The number of rotatable bonds is 8. The number of nitrogens with zero attached hydrogens (tertiary/aromatic N) is 5. The van der Waals surface area contributed by atoms with E-state index in [0.29, 0.717) is 49.7 Å². The summed E-state index contributed by atoms with van der Waals surface area (Å²) >= 11 is 0. The zero-order chi connectivity index (χ0) is 25.7. The molecule has 10 heteroatoms. The van der Waals surface area contributed by atoms with Crippen molar-refractivity contribution in [1.29, 1.82) is 0 Å². The normalized spacial score (nSPS) is 24.4. The average molecular weight is 503 g/mol. The number of amides is 2. The quantitative estimate of drug-likeness (QED) is 0.577. The molecule has 1 aromatic rings. The fourth-order valence-corrected chi connectivity index (χ4v) is 5.56. The van der Waals surface area contributed by atoms with E-state index in [0.717, 1.165) is 51.7 Å². The average Bonchev–Trinajstić information content (AvgIpc) is 3.25. The van der Waals surface area contributed by atoms with Gasteiger partial charge in [-0.05, 0) is 57.8 Å². The van der Waals surface area contributed by atoms with Crippen molar-refractivity contribution < 1.29 is 19.1 Å². The fourth-order valence-electron chi connectivity index (χ4n) is 5.56. The van der Waals surface area contributed by atoms with E-state index in [4.69, 9.17) is 15.2 Å². The summed E-state index contributed by atoms with van der Waals surface area (Å²) in [6.45, 7) is 10.2. The van der Waals surface area contributed by atoms with Gasteiger partial charge < -0.3 is 29.9 Å². The van der Waals surface area contributed by atoms with Crippen molar-refractivity contribution in [1.82, 2.24) is 19.8 Å². The summed E-state index contributed by atoms with van der Waals surface area (Å²) < 4.78 is 11.2. The van der Waals surface area contributed by atoms with Gasteiger partial charge in [0.05, 0.1) is 31.1 Å². The Morgan fingerprint density at radius 3 is 2.50 bits per heavy atom. The van der Waals surface area contributed by atoms with Crippen LogP contribution in [-0.2, 0) is 9.53 Å². The van der Waals surface area contributed by atoms with Crippen molar-refractivity contribution in [3.05, 3.63) is 12.4 Å². The zero-order valence-electron chi connectivity index (χ0n) is 22.0. The lowest BCUT2D eigenvalue weighted by Crippen LogP contribution is -2.51. The second kappa shape index (κ2) is 12.1. The third kappa shape index (κ3) is 6.57. The molecule has 3 aliphatic rings. The number of nitrogens with two attached hydrogens (primary N) is 1. The molecular weight excluding hydrogens is 460 g/mol. The highest BCUT2D eigenvalue weighted by Gasteiger charge is 2.38. The molecule has 0 unspecified atom stereocenters. The molecule has 4 rings (SSSR count). The van der Waals surface area contributed by atoms with E-state index in [1.54, 1.807) is 12.4 Å². The smallest absolute Gasteiger partial charge is 0.410 e. The van der Waals surface area contributed by atoms with Gasteiger partial charge >= 0.3 is 6.09 Å². The molecule has 200 valence electrons. The first-order valence-corrected chi connectivity index (χ1v) is 13.5. The van der Waals surface area contributed by atoms with Crippen LogP contribution in [-0.4, -0.2) is 89.3 Å². The van der Waals surface area contributed by atoms with Gasteiger partial charge in [-0.15, -0.1) is 0 Å². The summed E-state index contributed by atoms with van der Waals surface area (Å²) in [6, 6.07) is -0.0766. The number of ether oxygens (including phenoxy) is 2. The number of hydrogen-bond acceptors (Lipinski definition) is 8. The largest absolute Gasteiger partial charge is 0.490 e. The van der Waals surface area contributed by atoms with Crippen LogP contribution in [0.2, 0.25) is 0 Å². The van der Waals surface area contributed by atoms with Gasteiger partial charge in [-0.1, -0.05) is 6.92 Å². The van der Waals surface area contributed by atoms with Gasteiger partial charge in [0, 0.05) is 45.2 Å². The predicted octanol–water partition coefficient (Wildman–Crippen LogP) is 2.67. The number of hydrogen-bond donors (Lipinski definition) is 1. The number of carbonyl (C=O) groups is 2. The van der Waals surface area contributed by atoms with Crippen molar-refractivity contribution in [3.8, 4) is 5.75 Å². The molecule has 10 nitrogen and oxygen atoms in total. The number of likely N-dealkylation sites (tertiary alicyclic amines) is 2. The van der Waals surface area contributed by atoms with Crippen LogP contribution in [0.3, 0.4) is 0 Å². The standard InChI is InChI=1S/C26H42N6O4/c1-18(2)36-26(34)30-11-7-20(8-12-30)19(3)9-13-35-21-14-28-25(29-15-21)31-16-22(27)23(17-31)32-10-5-4-6-24(32)33/h14-15,18-20,22-23H,4-13,16-17,27H2,1-3H3/t19-,22+,23+/m1/s1. The molecule has 0 saturated carbocycles. The van der Waals surface area contributed by atoms with Gasteiger partial charge in [0.1, 0.15) is 0 Å². The Morgan fingerprint density at radius 2 is 1.83 bits per heavy atom. The van der Waals surface area contributed by atoms with Crippen LogP contribution in [0, 0.1) is 11.8 Å². The maximum atomic E-state index is 12.3. The highest BCUT2D eigenvalue weighted by Crippen LogP contribution is 2.28. The molecule has 0 aromatic carbocycles. The lowest BCUT2D eigenvalue weighted by Gasteiger charge is -2.34. The Hall–Kier alpha value is -2.62. The van der Waals surface area contributed by atoms with Gasteiger partial charge in [-0.2, -0.15) is 0 Å². The Bertz CT molecular complexity index is 874. The molecule has 3 aliphatic heterocycles. The molecule has 0 bridgehead atoms. The maximum absolute atomic E-state index is 12.3. The molecule has 4 heterocycles. The van der Waals surface area contributed by atoms with Gasteiger partial charge in [0.2, 0.25) is 11.9 Å². The van der Waals surface area contributed by atoms with Gasteiger partial charge in [-0.3, -0.25) is 4.79 Å². The second-order valence-electron chi connectivity index (χ2n) is 10.8. The first-order chi connectivity index (χ1) is 17.3. The molecule has 2 amide bonds. The van der Waals surface area contributed by atoms with Gasteiger partial charge in [0.15, 0.2) is 5.75 Å². The van der Waals surface area contributed by atoms with E-state index in [9.17, 15) is 9.59 Å². The monoisotopic (exact) mass is 502 g/mol. The Morgan fingerprint density at radius 1 is 1.11 bits per heavy atom. The van der Waals surface area contributed by atoms with E-state index in [1.165, 1.54) is 0 Å². The minimum absolute atomic E-state index is 0.0199. The van der Waals surface area contributed by atoms with Crippen molar-refractivity contribution in [2.45, 2.75) is 77.5 Å². The zero-order valence-corrected chi connectivity index (χ0v) is 22.0. The van der Waals surface area contributed by atoms with Gasteiger partial charge in [0.25, 0.3) is 0 Å². The third-order valence-corrected chi connectivity index (χ3v) is 7.77. The van der Waals surface area contributed by atoms with Crippen LogP contribution < -0.4 is 15.4 Å². The molecule has 3 saturated heterocycles. The molecule has 0 aliphatic carbocycles. The highest BCUT2D eigenvalue weighted by molar-refractivity contribution is 5.77. The Labute approximate surface area is 214 Å². The minimum Gasteiger partial charge on any atom is -0.490 e. The fraction of sp³-hybridized carbons (Fsp3) is 0.769. The van der Waals surface area contributed by atoms with Crippen LogP contribution in [0.15, 0.2) is 12.4 Å². The van der Waals surface area contributed by atoms with Crippen molar-refractivity contribution in [2.75, 3.05) is 44.2 Å². The first-order valence-electron chi connectivity index (χ1n) is 13.5. The van der Waals surface area contributed by atoms with Crippen molar-refractivity contribution in [3.63, 3.8) is 0 Å². The summed E-state index contributed by atoms with van der Waals surface area (Å²) in [5.41, 5.74) is 6.39. The Kier molecular flexibility index (Phi) is 8.87. The summed E-state index contributed by atoms with van der Waals surface area (Å²) in [7, 11) is 0. The highest BCUT2D eigenvalue weighted by atomic mass is 16.6. The van der Waals surface area contributed by atoms with Gasteiger partial charge in [-0.25, -0.2) is 14.8 Å². The van der Waals surface area contributed by atoms with Crippen molar-refractivity contribution >= 4 is 17.9 Å². The molecule has 1 aromatic heterocycles. The van der Waals surface area contributed by atoms with E-state index in [2.05, 4.69) is 21.8 Å². The van der Waals surface area contributed by atoms with Crippen LogP contribution in [0.25, 0.3) is 0 Å².